The maximum Gasteiger partial charge on any atom is 0.259 e. The molecule has 0 saturated carbocycles. The van der Waals surface area contributed by atoms with Crippen LogP contribution in [-0.2, 0) is 4.74 Å². The summed E-state index contributed by atoms with van der Waals surface area (Å²) in [4.78, 5) is 31.2. The molecule has 1 aromatic heterocycles. The molecule has 0 spiro atoms. The largest absolute Gasteiger partial charge is 0.451 e. The highest BCUT2D eigenvalue weighted by Crippen LogP contribution is 2.46. The number of halogens is 1. The van der Waals surface area contributed by atoms with Crippen LogP contribution in [0.3, 0.4) is 0 Å². The smallest absolute Gasteiger partial charge is 0.259 e. The van der Waals surface area contributed by atoms with E-state index in [0.717, 1.165) is 50.0 Å². The lowest BCUT2D eigenvalue weighted by Gasteiger charge is -2.28. The number of hydrogen-bond acceptors (Lipinski definition) is 7. The zero-order valence-corrected chi connectivity index (χ0v) is 22.7. The molecule has 3 aromatic carbocycles. The summed E-state index contributed by atoms with van der Waals surface area (Å²) in [6, 6.07) is 12.9. The van der Waals surface area contributed by atoms with E-state index >= 15 is 4.39 Å². The van der Waals surface area contributed by atoms with Gasteiger partial charge in [-0.2, -0.15) is 0 Å². The van der Waals surface area contributed by atoms with Crippen molar-refractivity contribution in [1.82, 2.24) is 14.4 Å². The molecule has 4 aromatic rings. The van der Waals surface area contributed by atoms with Crippen molar-refractivity contribution in [3.8, 4) is 17.2 Å². The van der Waals surface area contributed by atoms with Gasteiger partial charge in [0.15, 0.2) is 17.3 Å². The number of nitrogens with one attached hydrogen (secondary N) is 1. The molecule has 1 amide bonds. The molecule has 41 heavy (non-hydrogen) atoms. The summed E-state index contributed by atoms with van der Waals surface area (Å²) in [7, 11) is 0. The Bertz CT molecular complexity index is 1730. The first-order valence-corrected chi connectivity index (χ1v) is 14.2. The van der Waals surface area contributed by atoms with E-state index in [1.807, 2.05) is 36.4 Å². The van der Waals surface area contributed by atoms with Gasteiger partial charge < -0.3 is 30.0 Å². The molecule has 3 aliphatic rings. The van der Waals surface area contributed by atoms with E-state index in [2.05, 4.69) is 10.2 Å². The van der Waals surface area contributed by atoms with Crippen molar-refractivity contribution >= 4 is 33.3 Å². The van der Waals surface area contributed by atoms with E-state index in [4.69, 9.17) is 15.2 Å². The third kappa shape index (κ3) is 4.61. The number of hydrogen-bond donors (Lipinski definition) is 2. The zero-order chi connectivity index (χ0) is 28.1. The lowest BCUT2D eigenvalue weighted by molar-refractivity contribution is 0.0378. The number of carbonyl (C=O) groups excluding carboxylic acids is 1. The minimum absolute atomic E-state index is 0.0100. The average Bonchev–Trinajstić information content (AvgIpc) is 3.43. The van der Waals surface area contributed by atoms with Crippen LogP contribution in [0.1, 0.15) is 23.2 Å². The van der Waals surface area contributed by atoms with Crippen LogP contribution in [0, 0.1) is 5.82 Å². The fourth-order valence-corrected chi connectivity index (χ4v) is 6.10. The van der Waals surface area contributed by atoms with Gasteiger partial charge in [-0.1, -0.05) is 24.3 Å². The van der Waals surface area contributed by atoms with Crippen LogP contribution in [-0.4, -0.2) is 78.8 Å². The predicted molar refractivity (Wildman–Crippen MR) is 156 cm³/mol. The number of morpholine rings is 1. The summed E-state index contributed by atoms with van der Waals surface area (Å²) in [6.45, 7) is 5.49. The van der Waals surface area contributed by atoms with Gasteiger partial charge in [0, 0.05) is 45.0 Å². The summed E-state index contributed by atoms with van der Waals surface area (Å²) in [5, 5.41) is 5.28. The minimum Gasteiger partial charge on any atom is -0.451 e. The Morgan fingerprint density at radius 2 is 1.88 bits per heavy atom. The summed E-state index contributed by atoms with van der Waals surface area (Å²) in [5.74, 6) is -0.229. The molecule has 4 heterocycles. The first-order chi connectivity index (χ1) is 20.0. The predicted octanol–water partition coefficient (Wildman–Crippen LogP) is 3.70. The highest BCUT2D eigenvalue weighted by atomic mass is 19.1. The first kappa shape index (κ1) is 25.9. The number of likely N-dealkylation sites (tertiary alicyclic amines) is 1. The molecule has 212 valence electrons. The number of ether oxygens (including phenoxy) is 2. The van der Waals surface area contributed by atoms with Crippen molar-refractivity contribution in [2.24, 2.45) is 5.73 Å². The second kappa shape index (κ2) is 10.4. The van der Waals surface area contributed by atoms with Gasteiger partial charge >= 0.3 is 0 Å². The van der Waals surface area contributed by atoms with E-state index in [9.17, 15) is 9.59 Å². The van der Waals surface area contributed by atoms with Gasteiger partial charge in [0.1, 0.15) is 16.8 Å². The van der Waals surface area contributed by atoms with E-state index in [1.165, 1.54) is 6.07 Å². The monoisotopic (exact) mass is 557 g/mol. The van der Waals surface area contributed by atoms with Crippen molar-refractivity contribution in [1.29, 1.82) is 0 Å². The fraction of sp³-hybridized carbons (Fsp3) is 0.355. The molecule has 0 unspecified atom stereocenters. The zero-order valence-electron chi connectivity index (χ0n) is 22.7. The third-order valence-electron chi connectivity index (χ3n) is 8.29. The Hall–Kier alpha value is -3.99. The maximum absolute atomic E-state index is 15.8. The molecule has 1 atom stereocenters. The fourth-order valence-electron chi connectivity index (χ4n) is 6.10. The topological polar surface area (TPSA) is 102 Å². The Kier molecular flexibility index (Phi) is 6.61. The standard InChI is InChI=1S/C31H32FN5O4/c32-24-16-22-28-30(27(24)34-7-3-8-35-10-12-40-13-11-35)41-26-15-20-5-2-1-4-19(20)14-25(26)37(28)18-23(29(22)38)31(39)36-9-6-21(33)17-36/h1-2,4-5,14-16,18,21,34H,3,6-13,17,33H2/t21-/m1/s1. The molecular weight excluding hydrogens is 525 g/mol. The van der Waals surface area contributed by atoms with Gasteiger partial charge in [0.25, 0.3) is 5.91 Å². The average molecular weight is 558 g/mol. The quantitative estimate of drug-likeness (QED) is 0.307. The number of rotatable bonds is 6. The van der Waals surface area contributed by atoms with E-state index in [0.29, 0.717) is 43.0 Å². The van der Waals surface area contributed by atoms with Gasteiger partial charge in [-0.15, -0.1) is 0 Å². The van der Waals surface area contributed by atoms with Crippen molar-refractivity contribution in [3.05, 3.63) is 70.3 Å². The van der Waals surface area contributed by atoms with Gasteiger partial charge in [0.2, 0.25) is 5.43 Å². The number of amides is 1. The number of fused-ring (bicyclic) bond motifs is 3. The van der Waals surface area contributed by atoms with Crippen molar-refractivity contribution in [2.75, 3.05) is 57.8 Å². The van der Waals surface area contributed by atoms with Crippen LogP contribution in [0.15, 0.2) is 53.5 Å². The SMILES string of the molecule is N[C@@H]1CCN(C(=O)c2cn3c4c(c(NCCCN5CCOCC5)c(F)cc4c2=O)Oc2cc4ccccc4cc2-3)C1. The molecule has 3 N–H and O–H groups in total. The molecule has 3 aliphatic heterocycles. The van der Waals surface area contributed by atoms with Crippen LogP contribution in [0.2, 0.25) is 0 Å². The van der Waals surface area contributed by atoms with Crippen molar-refractivity contribution < 1.29 is 18.7 Å². The molecule has 0 aliphatic carbocycles. The Labute approximate surface area is 236 Å². The minimum atomic E-state index is -0.598. The third-order valence-corrected chi connectivity index (χ3v) is 8.29. The Balaban J connectivity index is 1.33. The number of pyridine rings is 1. The number of nitrogens with zero attached hydrogens (tertiary/aromatic N) is 3. The molecule has 2 fully saturated rings. The second-order valence-electron chi connectivity index (χ2n) is 11.0. The number of anilines is 1. The highest BCUT2D eigenvalue weighted by Gasteiger charge is 2.31. The first-order valence-electron chi connectivity index (χ1n) is 14.2. The highest BCUT2D eigenvalue weighted by molar-refractivity contribution is 6.02. The summed E-state index contributed by atoms with van der Waals surface area (Å²) >= 11 is 0. The van der Waals surface area contributed by atoms with Crippen LogP contribution < -0.4 is 21.2 Å². The maximum atomic E-state index is 15.8. The lowest BCUT2D eigenvalue weighted by atomic mass is 10.0. The molecular formula is C31H32FN5O4. The van der Waals surface area contributed by atoms with Crippen LogP contribution in [0.25, 0.3) is 27.4 Å². The van der Waals surface area contributed by atoms with Crippen LogP contribution in [0.4, 0.5) is 10.1 Å². The van der Waals surface area contributed by atoms with Crippen LogP contribution in [0.5, 0.6) is 11.5 Å². The lowest BCUT2D eigenvalue weighted by Crippen LogP contribution is -2.37. The summed E-state index contributed by atoms with van der Waals surface area (Å²) < 4.78 is 29.4. The van der Waals surface area contributed by atoms with Gasteiger partial charge in [-0.3, -0.25) is 14.5 Å². The van der Waals surface area contributed by atoms with Gasteiger partial charge in [0.05, 0.1) is 24.3 Å². The van der Waals surface area contributed by atoms with Gasteiger partial charge in [-0.25, -0.2) is 4.39 Å². The Morgan fingerprint density at radius 3 is 2.63 bits per heavy atom. The van der Waals surface area contributed by atoms with E-state index in [1.54, 1.807) is 15.7 Å². The molecule has 7 rings (SSSR count). The van der Waals surface area contributed by atoms with E-state index < -0.39 is 17.2 Å². The molecule has 0 bridgehead atoms. The molecule has 2 saturated heterocycles. The van der Waals surface area contributed by atoms with Crippen molar-refractivity contribution in [2.45, 2.75) is 18.9 Å². The Morgan fingerprint density at radius 1 is 1.10 bits per heavy atom. The summed E-state index contributed by atoms with van der Waals surface area (Å²) in [5.41, 5.74) is 6.83. The van der Waals surface area contributed by atoms with E-state index in [-0.39, 0.29) is 28.4 Å². The number of nitrogens with two attached hydrogens (primary N) is 1. The molecule has 9 nitrogen and oxygen atoms in total. The summed E-state index contributed by atoms with van der Waals surface area (Å²) in [6.07, 6.45) is 3.06. The normalized spacial score (nSPS) is 18.5. The van der Waals surface area contributed by atoms with Crippen LogP contribution >= 0.6 is 0 Å². The molecule has 10 heteroatoms. The number of benzene rings is 3. The molecule has 0 radical (unpaired) electrons. The number of aromatic nitrogens is 1. The van der Waals surface area contributed by atoms with Gasteiger partial charge in [-0.05, 0) is 48.4 Å². The number of carbonyl (C=O) groups is 1. The van der Waals surface area contributed by atoms with Crippen molar-refractivity contribution in [3.63, 3.8) is 0 Å². The second-order valence-corrected chi connectivity index (χ2v) is 11.0.